The van der Waals surface area contributed by atoms with E-state index in [1.165, 1.54) is 36.8 Å². The van der Waals surface area contributed by atoms with Crippen LogP contribution in [0.1, 0.15) is 10.4 Å². The van der Waals surface area contributed by atoms with Gasteiger partial charge >= 0.3 is 0 Å². The topological polar surface area (TPSA) is 91.9 Å². The third-order valence-electron chi connectivity index (χ3n) is 2.06. The Morgan fingerprint density at radius 2 is 1.94 bits per heavy atom. The van der Waals surface area contributed by atoms with Crippen molar-refractivity contribution in [3.63, 3.8) is 0 Å². The number of rotatable bonds is 4. The third-order valence-corrected chi connectivity index (χ3v) is 3.37. The zero-order chi connectivity index (χ0) is 12.3. The Morgan fingerprint density at radius 1 is 1.24 bits per heavy atom. The first kappa shape index (κ1) is 11.3. The van der Waals surface area contributed by atoms with Gasteiger partial charge in [0.05, 0.1) is 12.5 Å². The van der Waals surface area contributed by atoms with E-state index in [9.17, 15) is 13.2 Å². The van der Waals surface area contributed by atoms with Gasteiger partial charge in [-0.15, -0.1) is 0 Å². The van der Waals surface area contributed by atoms with E-state index in [0.717, 1.165) is 0 Å². The Kier molecular flexibility index (Phi) is 2.92. The first-order valence-corrected chi connectivity index (χ1v) is 6.16. The molecule has 0 fully saturated rings. The second-order valence-corrected chi connectivity index (χ2v) is 4.91. The van der Waals surface area contributed by atoms with Crippen molar-refractivity contribution in [3.05, 3.63) is 42.4 Å². The van der Waals surface area contributed by atoms with Crippen molar-refractivity contribution < 1.29 is 13.2 Å². The van der Waals surface area contributed by atoms with Crippen LogP contribution in [0.25, 0.3) is 0 Å². The van der Waals surface area contributed by atoms with E-state index in [1.54, 1.807) is 0 Å². The van der Waals surface area contributed by atoms with Gasteiger partial charge in [-0.05, 0) is 24.3 Å². The highest BCUT2D eigenvalue weighted by Gasteiger charge is 2.15. The summed E-state index contributed by atoms with van der Waals surface area (Å²) in [7, 11) is -3.65. The second-order valence-electron chi connectivity index (χ2n) is 3.26. The molecule has 0 aliphatic rings. The minimum atomic E-state index is -3.65. The number of carbonyl (C=O) groups is 1. The van der Waals surface area contributed by atoms with E-state index in [2.05, 4.69) is 14.7 Å². The molecule has 1 aromatic carbocycles. The van der Waals surface area contributed by atoms with Gasteiger partial charge in [-0.1, -0.05) is 0 Å². The van der Waals surface area contributed by atoms with E-state index >= 15 is 0 Å². The van der Waals surface area contributed by atoms with E-state index in [0.29, 0.717) is 17.5 Å². The minimum absolute atomic E-state index is 0.0167. The molecule has 0 amide bonds. The van der Waals surface area contributed by atoms with Gasteiger partial charge in [-0.25, -0.2) is 4.98 Å². The van der Waals surface area contributed by atoms with Gasteiger partial charge in [0, 0.05) is 11.3 Å². The average Bonchev–Trinajstić information content (AvgIpc) is 2.84. The van der Waals surface area contributed by atoms with E-state index in [4.69, 9.17) is 0 Å². The molecule has 0 atom stereocenters. The second kappa shape index (κ2) is 4.38. The molecule has 0 aliphatic heterocycles. The number of aromatic nitrogens is 2. The number of anilines is 1. The fourth-order valence-corrected chi connectivity index (χ4v) is 2.19. The van der Waals surface area contributed by atoms with Crippen LogP contribution in [-0.2, 0) is 10.0 Å². The Morgan fingerprint density at radius 3 is 2.47 bits per heavy atom. The molecule has 2 aromatic rings. The summed E-state index contributed by atoms with van der Waals surface area (Å²) in [6.07, 6.45) is 3.18. The third kappa shape index (κ3) is 2.51. The molecule has 0 saturated heterocycles. The predicted molar refractivity (Wildman–Crippen MR) is 61.2 cm³/mol. The quantitative estimate of drug-likeness (QED) is 0.793. The average molecular weight is 251 g/mol. The maximum atomic E-state index is 11.8. The van der Waals surface area contributed by atoms with Gasteiger partial charge in [0.2, 0.25) is 0 Å². The van der Waals surface area contributed by atoms with Crippen molar-refractivity contribution in [3.8, 4) is 0 Å². The molecular formula is C10H9N3O3S. The first-order chi connectivity index (χ1) is 8.12. The highest BCUT2D eigenvalue weighted by Crippen LogP contribution is 2.13. The summed E-state index contributed by atoms with van der Waals surface area (Å²) in [6.45, 7) is 0. The molecule has 6 nitrogen and oxygen atoms in total. The van der Waals surface area contributed by atoms with Crippen LogP contribution in [0.15, 0.2) is 41.8 Å². The summed E-state index contributed by atoms with van der Waals surface area (Å²) in [5, 5.41) is -0.0167. The van der Waals surface area contributed by atoms with Crippen molar-refractivity contribution in [2.24, 2.45) is 0 Å². The molecule has 0 spiro atoms. The first-order valence-electron chi connectivity index (χ1n) is 4.68. The van der Waals surface area contributed by atoms with Crippen LogP contribution < -0.4 is 4.72 Å². The molecule has 7 heteroatoms. The van der Waals surface area contributed by atoms with Gasteiger partial charge in [0.15, 0.2) is 5.03 Å². The Hall–Kier alpha value is -2.15. The molecule has 0 saturated carbocycles. The fourth-order valence-electron chi connectivity index (χ4n) is 1.23. The monoisotopic (exact) mass is 251 g/mol. The summed E-state index contributed by atoms with van der Waals surface area (Å²) in [5.74, 6) is 0. The number of hydrogen-bond donors (Lipinski definition) is 2. The predicted octanol–water partition coefficient (Wildman–Crippen LogP) is 1.02. The van der Waals surface area contributed by atoms with Crippen molar-refractivity contribution in [1.29, 1.82) is 0 Å². The molecular weight excluding hydrogens is 242 g/mol. The summed E-state index contributed by atoms with van der Waals surface area (Å²) < 4.78 is 25.9. The largest absolute Gasteiger partial charge is 0.334 e. The number of benzene rings is 1. The standard InChI is InChI=1S/C10H9N3O3S/c14-6-8-1-3-9(4-2-8)13-17(15,16)10-5-11-7-12-10/h1-7,13H,(H,11,12). The van der Waals surface area contributed by atoms with Crippen molar-refractivity contribution in [2.75, 3.05) is 4.72 Å². The lowest BCUT2D eigenvalue weighted by Crippen LogP contribution is -2.13. The number of H-pyrrole nitrogens is 1. The van der Waals surface area contributed by atoms with Gasteiger partial charge in [0.1, 0.15) is 6.29 Å². The number of aldehydes is 1. The van der Waals surface area contributed by atoms with E-state index in [1.807, 2.05) is 0 Å². The van der Waals surface area contributed by atoms with Crippen molar-refractivity contribution >= 4 is 22.0 Å². The van der Waals surface area contributed by atoms with Gasteiger partial charge < -0.3 is 4.98 Å². The SMILES string of the molecule is O=Cc1ccc(NS(=O)(=O)c2cnc[nH]2)cc1. The number of hydrogen-bond acceptors (Lipinski definition) is 4. The normalized spacial score (nSPS) is 11.1. The lowest BCUT2D eigenvalue weighted by molar-refractivity contribution is 0.112. The molecule has 0 aliphatic carbocycles. The molecule has 0 radical (unpaired) electrons. The lowest BCUT2D eigenvalue weighted by Gasteiger charge is -2.05. The zero-order valence-electron chi connectivity index (χ0n) is 8.62. The summed E-state index contributed by atoms with van der Waals surface area (Å²) in [4.78, 5) is 16.6. The lowest BCUT2D eigenvalue weighted by atomic mass is 10.2. The van der Waals surface area contributed by atoms with Crippen LogP contribution in [0.2, 0.25) is 0 Å². The van der Waals surface area contributed by atoms with E-state index in [-0.39, 0.29) is 5.03 Å². The summed E-state index contributed by atoms with van der Waals surface area (Å²) in [5.41, 5.74) is 0.861. The number of carbonyl (C=O) groups excluding carboxylic acids is 1. The van der Waals surface area contributed by atoms with Crippen molar-refractivity contribution in [1.82, 2.24) is 9.97 Å². The van der Waals surface area contributed by atoms with Crippen LogP contribution in [0, 0.1) is 0 Å². The number of nitrogens with zero attached hydrogens (tertiary/aromatic N) is 1. The molecule has 1 aromatic heterocycles. The molecule has 88 valence electrons. The van der Waals surface area contributed by atoms with Crippen molar-refractivity contribution in [2.45, 2.75) is 5.03 Å². The number of imidazole rings is 1. The molecule has 2 rings (SSSR count). The maximum Gasteiger partial charge on any atom is 0.278 e. The van der Waals surface area contributed by atoms with Crippen LogP contribution in [0.4, 0.5) is 5.69 Å². The van der Waals surface area contributed by atoms with Crippen LogP contribution in [0.5, 0.6) is 0 Å². The highest BCUT2D eigenvalue weighted by molar-refractivity contribution is 7.92. The molecule has 0 bridgehead atoms. The molecule has 17 heavy (non-hydrogen) atoms. The van der Waals surface area contributed by atoms with Gasteiger partial charge in [-0.3, -0.25) is 9.52 Å². The number of aromatic amines is 1. The fraction of sp³-hybridized carbons (Fsp3) is 0. The Bertz CT molecular complexity index is 603. The van der Waals surface area contributed by atoms with Crippen LogP contribution >= 0.6 is 0 Å². The number of sulfonamides is 1. The smallest absolute Gasteiger partial charge is 0.278 e. The van der Waals surface area contributed by atoms with Crippen LogP contribution in [-0.4, -0.2) is 24.7 Å². The molecule has 0 unspecified atom stereocenters. The van der Waals surface area contributed by atoms with E-state index < -0.39 is 10.0 Å². The minimum Gasteiger partial charge on any atom is -0.334 e. The van der Waals surface area contributed by atoms with Gasteiger partial charge in [0.25, 0.3) is 10.0 Å². The zero-order valence-corrected chi connectivity index (χ0v) is 9.44. The Labute approximate surface area is 97.8 Å². The molecule has 2 N–H and O–H groups in total. The molecule has 1 heterocycles. The number of nitrogens with one attached hydrogen (secondary N) is 2. The summed E-state index contributed by atoms with van der Waals surface area (Å²) in [6, 6.07) is 6.07. The Balaban J connectivity index is 2.23. The maximum absolute atomic E-state index is 11.8. The van der Waals surface area contributed by atoms with Crippen LogP contribution in [0.3, 0.4) is 0 Å². The highest BCUT2D eigenvalue weighted by atomic mass is 32.2. The summed E-state index contributed by atoms with van der Waals surface area (Å²) >= 11 is 0. The van der Waals surface area contributed by atoms with Gasteiger partial charge in [-0.2, -0.15) is 8.42 Å².